The summed E-state index contributed by atoms with van der Waals surface area (Å²) in [5.41, 5.74) is -0.854. The molecule has 0 spiro atoms. The van der Waals surface area contributed by atoms with E-state index in [1.165, 1.54) is 6.92 Å². The fraction of sp³-hybridized carbons (Fsp3) is 0.889. The molecule has 2 aliphatic heterocycles. The predicted octanol–water partition coefficient (Wildman–Crippen LogP) is -0.649. The maximum Gasteiger partial charge on any atom is 0.237 e. The van der Waals surface area contributed by atoms with Gasteiger partial charge in [0.2, 0.25) is 5.91 Å². The third-order valence-corrected chi connectivity index (χ3v) is 6.33. The molecule has 2 fully saturated rings. The van der Waals surface area contributed by atoms with Gasteiger partial charge in [0.05, 0.1) is 18.2 Å². The number of hydrogen-bond donors (Lipinski definition) is 4. The van der Waals surface area contributed by atoms with Gasteiger partial charge < -0.3 is 25.4 Å². The van der Waals surface area contributed by atoms with Crippen LogP contribution in [-0.2, 0) is 14.3 Å². The van der Waals surface area contributed by atoms with Gasteiger partial charge in [0.15, 0.2) is 11.9 Å². The van der Waals surface area contributed by atoms with Crippen LogP contribution in [0.25, 0.3) is 0 Å². The lowest BCUT2D eigenvalue weighted by molar-refractivity contribution is -0.177. The van der Waals surface area contributed by atoms with Crippen molar-refractivity contribution in [1.29, 1.82) is 0 Å². The van der Waals surface area contributed by atoms with E-state index in [-0.39, 0.29) is 11.9 Å². The van der Waals surface area contributed by atoms with Gasteiger partial charge in [-0.15, -0.1) is 11.8 Å². The summed E-state index contributed by atoms with van der Waals surface area (Å²) in [4.78, 5) is 27.0. The van der Waals surface area contributed by atoms with Crippen LogP contribution in [0.5, 0.6) is 0 Å². The molecule has 8 atom stereocenters. The second-order valence-corrected chi connectivity index (χ2v) is 8.55. The van der Waals surface area contributed by atoms with Crippen LogP contribution in [0.3, 0.4) is 0 Å². The van der Waals surface area contributed by atoms with Crippen molar-refractivity contribution < 1.29 is 29.6 Å². The van der Waals surface area contributed by atoms with Crippen molar-refractivity contribution in [3.8, 4) is 0 Å². The zero-order valence-electron chi connectivity index (χ0n) is 16.4. The standard InChI is InChI=1S/C18H32N2O6S/c1-5-6-10-7-11(20(3)8-10)17(25)19-12(9(2)21)16-14(23)13(22)15(24)18(26-16)27-4/h9-12,14-16,18,21,23-24H,5-8H2,1-4H3,(H,19,25)/t9-,10-,11+,12-,14-,15-,16-,18-/m1/s1. The van der Waals surface area contributed by atoms with Gasteiger partial charge in [-0.2, -0.15) is 0 Å². The van der Waals surface area contributed by atoms with E-state index in [1.807, 2.05) is 11.9 Å². The fourth-order valence-corrected chi connectivity index (χ4v) is 4.64. The first kappa shape index (κ1) is 22.6. The number of likely N-dealkylation sites (N-methyl/N-ethyl adjacent to an activating group) is 1. The summed E-state index contributed by atoms with van der Waals surface area (Å²) in [6, 6.07) is -1.28. The van der Waals surface area contributed by atoms with Gasteiger partial charge in [-0.25, -0.2) is 0 Å². The van der Waals surface area contributed by atoms with Crippen molar-refractivity contribution in [3.05, 3.63) is 0 Å². The van der Waals surface area contributed by atoms with Crippen LogP contribution in [-0.4, -0.2) is 93.7 Å². The van der Waals surface area contributed by atoms with Crippen LogP contribution >= 0.6 is 11.8 Å². The Morgan fingerprint density at radius 3 is 2.63 bits per heavy atom. The Balaban J connectivity index is 2.11. The van der Waals surface area contributed by atoms with Gasteiger partial charge >= 0.3 is 0 Å². The Labute approximate surface area is 164 Å². The quantitative estimate of drug-likeness (QED) is 0.442. The third kappa shape index (κ3) is 5.02. The van der Waals surface area contributed by atoms with Crippen molar-refractivity contribution in [1.82, 2.24) is 10.2 Å². The number of likely N-dealkylation sites (tertiary alicyclic amines) is 1. The Hall–Kier alpha value is -0.710. The van der Waals surface area contributed by atoms with E-state index in [1.54, 1.807) is 6.26 Å². The lowest BCUT2D eigenvalue weighted by atomic mass is 9.93. The smallest absolute Gasteiger partial charge is 0.237 e. The van der Waals surface area contributed by atoms with Crippen molar-refractivity contribution in [2.75, 3.05) is 19.8 Å². The minimum atomic E-state index is -1.61. The lowest BCUT2D eigenvalue weighted by Gasteiger charge is -2.40. The third-order valence-electron chi connectivity index (χ3n) is 5.49. The van der Waals surface area contributed by atoms with Crippen LogP contribution in [0.2, 0.25) is 0 Å². The molecule has 156 valence electrons. The van der Waals surface area contributed by atoms with Crippen molar-refractivity contribution in [2.45, 2.75) is 75.0 Å². The van der Waals surface area contributed by atoms with Crippen molar-refractivity contribution in [3.63, 3.8) is 0 Å². The van der Waals surface area contributed by atoms with Gasteiger partial charge in [0.1, 0.15) is 17.6 Å². The molecule has 0 aromatic heterocycles. The zero-order chi connectivity index (χ0) is 20.3. The summed E-state index contributed by atoms with van der Waals surface area (Å²) in [6.07, 6.45) is -0.691. The summed E-state index contributed by atoms with van der Waals surface area (Å²) in [5.74, 6) is -0.557. The molecule has 1 amide bonds. The highest BCUT2D eigenvalue weighted by atomic mass is 32.2. The molecule has 4 N–H and O–H groups in total. The molecule has 0 aliphatic carbocycles. The summed E-state index contributed by atoms with van der Waals surface area (Å²) < 4.78 is 5.66. The monoisotopic (exact) mass is 404 g/mol. The number of carbonyl (C=O) groups excluding carboxylic acids is 2. The topological polar surface area (TPSA) is 119 Å². The number of amides is 1. The number of thioether (sulfide) groups is 1. The minimum Gasteiger partial charge on any atom is -0.391 e. The molecule has 2 saturated heterocycles. The molecule has 2 aliphatic rings. The molecule has 0 radical (unpaired) electrons. The first-order valence-electron chi connectivity index (χ1n) is 9.48. The minimum absolute atomic E-state index is 0.253. The Bertz CT molecular complexity index is 534. The van der Waals surface area contributed by atoms with Gasteiger partial charge in [-0.05, 0) is 39.0 Å². The molecule has 2 heterocycles. The molecule has 8 nitrogen and oxygen atoms in total. The van der Waals surface area contributed by atoms with Gasteiger partial charge in [0.25, 0.3) is 0 Å². The van der Waals surface area contributed by atoms with Crippen LogP contribution in [0.15, 0.2) is 0 Å². The second kappa shape index (κ2) is 9.67. The Kier molecular flexibility index (Phi) is 8.08. The highest BCUT2D eigenvalue weighted by molar-refractivity contribution is 7.99. The number of nitrogens with one attached hydrogen (secondary N) is 1. The summed E-state index contributed by atoms with van der Waals surface area (Å²) in [7, 11) is 1.90. The van der Waals surface area contributed by atoms with Crippen LogP contribution in [0.4, 0.5) is 0 Å². The van der Waals surface area contributed by atoms with E-state index >= 15 is 0 Å². The SMILES string of the molecule is CCC[C@@H]1C[C@@H](C(=O)N[C@@H]([C@H]2O[C@H](SC)[C@H](O)C(=O)[C@H]2O)[C@@H](C)O)N(C)C1. The molecular weight excluding hydrogens is 372 g/mol. The number of Topliss-reactive ketones (excluding diaryl/α,β-unsaturated/α-hetero) is 1. The number of ether oxygens (including phenoxy) is 1. The molecule has 0 aromatic carbocycles. The summed E-state index contributed by atoms with van der Waals surface area (Å²) in [5, 5.41) is 33.1. The highest BCUT2D eigenvalue weighted by Gasteiger charge is 2.48. The average Bonchev–Trinajstić information content (AvgIpc) is 2.99. The number of rotatable bonds is 7. The molecular formula is C18H32N2O6S. The first-order chi connectivity index (χ1) is 12.7. The fourth-order valence-electron chi connectivity index (χ4n) is 4.01. The highest BCUT2D eigenvalue weighted by Crippen LogP contribution is 2.29. The predicted molar refractivity (Wildman–Crippen MR) is 102 cm³/mol. The van der Waals surface area contributed by atoms with Crippen molar-refractivity contribution >= 4 is 23.5 Å². The van der Waals surface area contributed by atoms with Crippen molar-refractivity contribution in [2.24, 2.45) is 5.92 Å². The molecule has 2 rings (SSSR count). The summed E-state index contributed by atoms with van der Waals surface area (Å²) >= 11 is 1.14. The lowest BCUT2D eigenvalue weighted by Crippen LogP contribution is -2.64. The second-order valence-electron chi connectivity index (χ2n) is 7.62. The zero-order valence-corrected chi connectivity index (χ0v) is 17.2. The van der Waals surface area contributed by atoms with E-state index in [4.69, 9.17) is 4.74 Å². The number of carbonyl (C=O) groups is 2. The van der Waals surface area contributed by atoms with Gasteiger partial charge in [-0.1, -0.05) is 13.3 Å². The molecule has 0 bridgehead atoms. The largest absolute Gasteiger partial charge is 0.391 e. The van der Waals surface area contributed by atoms with Crippen LogP contribution in [0.1, 0.15) is 33.1 Å². The Morgan fingerprint density at radius 2 is 2.07 bits per heavy atom. The van der Waals surface area contributed by atoms with Gasteiger partial charge in [0, 0.05) is 6.54 Å². The number of nitrogens with zero attached hydrogens (tertiary/aromatic N) is 1. The summed E-state index contributed by atoms with van der Waals surface area (Å²) in [6.45, 7) is 4.43. The number of aliphatic hydroxyl groups is 3. The maximum atomic E-state index is 12.8. The molecule has 27 heavy (non-hydrogen) atoms. The van der Waals surface area contributed by atoms with Crippen LogP contribution in [0, 0.1) is 5.92 Å². The number of hydrogen-bond acceptors (Lipinski definition) is 8. The normalized spacial score (nSPS) is 37.2. The molecule has 0 aromatic rings. The van der Waals surface area contributed by atoms with E-state index < -0.39 is 41.7 Å². The molecule has 9 heteroatoms. The Morgan fingerprint density at radius 1 is 1.41 bits per heavy atom. The molecule has 0 unspecified atom stereocenters. The average molecular weight is 405 g/mol. The number of aliphatic hydroxyl groups excluding tert-OH is 3. The van der Waals surface area contributed by atoms with E-state index in [0.717, 1.165) is 37.6 Å². The number of ketones is 1. The maximum absolute atomic E-state index is 12.8. The van der Waals surface area contributed by atoms with Gasteiger partial charge in [-0.3, -0.25) is 14.5 Å². The van der Waals surface area contributed by atoms with E-state index in [0.29, 0.717) is 5.92 Å². The van der Waals surface area contributed by atoms with E-state index in [9.17, 15) is 24.9 Å². The first-order valence-corrected chi connectivity index (χ1v) is 10.8. The molecule has 0 saturated carbocycles. The van der Waals surface area contributed by atoms with Crippen LogP contribution < -0.4 is 5.32 Å². The van der Waals surface area contributed by atoms with E-state index in [2.05, 4.69) is 12.2 Å².